The number of anilines is 1. The third kappa shape index (κ3) is 6.38. The summed E-state index contributed by atoms with van der Waals surface area (Å²) in [5.74, 6) is 0.0453. The highest BCUT2D eigenvalue weighted by molar-refractivity contribution is 6.00. The number of rotatable bonds is 4. The molecular formula is C28H42N4O4. The van der Waals surface area contributed by atoms with E-state index in [0.29, 0.717) is 43.9 Å². The van der Waals surface area contributed by atoms with Crippen molar-refractivity contribution in [2.75, 3.05) is 37.6 Å². The summed E-state index contributed by atoms with van der Waals surface area (Å²) in [6.07, 6.45) is 3.05. The Kier molecular flexibility index (Phi) is 7.93. The molecule has 4 rings (SSSR count). The monoisotopic (exact) mass is 498 g/mol. The summed E-state index contributed by atoms with van der Waals surface area (Å²) in [5, 5.41) is 2.45. The standard InChI is InChI=1S/C28H42N4O4/c1-19-16-31(27(35)36-28(3,4)5)17-20(2)32(19)18-21-12-14-30(15-13-21)23-8-6-22(7-9-23)24-10-11-25(33)29-26(24)34/h6-9,19-21,24H,10-18H2,1-5H3,(H,29,33,34)/t19-,20+,24?. The minimum Gasteiger partial charge on any atom is -0.444 e. The Bertz CT molecular complexity index is 937. The van der Waals surface area contributed by atoms with Gasteiger partial charge in [0.25, 0.3) is 0 Å². The van der Waals surface area contributed by atoms with E-state index in [4.69, 9.17) is 4.74 Å². The molecule has 0 saturated carbocycles. The van der Waals surface area contributed by atoms with E-state index in [1.54, 1.807) is 0 Å². The number of ether oxygens (including phenoxy) is 1. The molecule has 3 saturated heterocycles. The highest BCUT2D eigenvalue weighted by Gasteiger charge is 2.35. The number of benzene rings is 1. The smallest absolute Gasteiger partial charge is 0.410 e. The number of hydrogen-bond donors (Lipinski definition) is 1. The van der Waals surface area contributed by atoms with Crippen LogP contribution in [0.5, 0.6) is 0 Å². The number of nitrogens with one attached hydrogen (secondary N) is 1. The molecule has 36 heavy (non-hydrogen) atoms. The second-order valence-electron chi connectivity index (χ2n) is 11.8. The van der Waals surface area contributed by atoms with Gasteiger partial charge in [0.2, 0.25) is 11.8 Å². The van der Waals surface area contributed by atoms with E-state index in [1.807, 2.05) is 37.8 Å². The molecule has 1 aromatic rings. The van der Waals surface area contributed by atoms with Crippen molar-refractivity contribution < 1.29 is 19.1 Å². The summed E-state index contributed by atoms with van der Waals surface area (Å²) in [5.41, 5.74) is 1.70. The van der Waals surface area contributed by atoms with Crippen molar-refractivity contribution >= 4 is 23.6 Å². The molecule has 0 spiro atoms. The molecular weight excluding hydrogens is 456 g/mol. The van der Waals surface area contributed by atoms with Crippen LogP contribution >= 0.6 is 0 Å². The Hall–Kier alpha value is -2.61. The fourth-order valence-corrected chi connectivity index (χ4v) is 5.79. The van der Waals surface area contributed by atoms with E-state index in [-0.39, 0.29) is 23.8 Å². The Morgan fingerprint density at radius 3 is 2.17 bits per heavy atom. The summed E-state index contributed by atoms with van der Waals surface area (Å²) < 4.78 is 5.59. The lowest BCUT2D eigenvalue weighted by atomic mass is 9.90. The number of amides is 3. The average Bonchev–Trinajstić information content (AvgIpc) is 2.81. The van der Waals surface area contributed by atoms with Gasteiger partial charge in [0.1, 0.15) is 5.60 Å². The van der Waals surface area contributed by atoms with Crippen LogP contribution in [0.4, 0.5) is 10.5 Å². The molecule has 1 aromatic carbocycles. The van der Waals surface area contributed by atoms with Crippen LogP contribution in [-0.2, 0) is 14.3 Å². The fraction of sp³-hybridized carbons (Fsp3) is 0.679. The molecule has 3 atom stereocenters. The summed E-state index contributed by atoms with van der Waals surface area (Å²) in [7, 11) is 0. The molecule has 8 nitrogen and oxygen atoms in total. The van der Waals surface area contributed by atoms with Crippen molar-refractivity contribution in [3.63, 3.8) is 0 Å². The number of piperidine rings is 2. The Morgan fingerprint density at radius 2 is 1.61 bits per heavy atom. The van der Waals surface area contributed by atoms with Crippen molar-refractivity contribution in [2.24, 2.45) is 5.92 Å². The second kappa shape index (κ2) is 10.8. The van der Waals surface area contributed by atoms with Gasteiger partial charge >= 0.3 is 6.09 Å². The zero-order valence-electron chi connectivity index (χ0n) is 22.5. The summed E-state index contributed by atoms with van der Waals surface area (Å²) >= 11 is 0. The maximum absolute atomic E-state index is 12.6. The van der Waals surface area contributed by atoms with E-state index in [9.17, 15) is 14.4 Å². The van der Waals surface area contributed by atoms with Gasteiger partial charge in [-0.2, -0.15) is 0 Å². The van der Waals surface area contributed by atoms with Crippen LogP contribution in [-0.4, -0.2) is 78.1 Å². The SMILES string of the molecule is C[C@@H]1CN(C(=O)OC(C)(C)C)C[C@H](C)N1CC1CCN(c2ccc(C3CCC(=O)NC3=O)cc2)CC1. The third-order valence-electron chi connectivity index (χ3n) is 7.74. The number of piperazine rings is 1. The summed E-state index contributed by atoms with van der Waals surface area (Å²) in [6, 6.07) is 8.90. The molecule has 0 aliphatic carbocycles. The molecule has 0 bridgehead atoms. The molecule has 8 heteroatoms. The lowest BCUT2D eigenvalue weighted by Gasteiger charge is -2.46. The van der Waals surface area contributed by atoms with Gasteiger partial charge < -0.3 is 14.5 Å². The Balaban J connectivity index is 1.26. The first-order valence-electron chi connectivity index (χ1n) is 13.4. The number of hydrogen-bond acceptors (Lipinski definition) is 6. The predicted molar refractivity (Wildman–Crippen MR) is 140 cm³/mol. The molecule has 1 N–H and O–H groups in total. The quantitative estimate of drug-likeness (QED) is 0.637. The molecule has 3 heterocycles. The van der Waals surface area contributed by atoms with Crippen molar-refractivity contribution in [2.45, 2.75) is 83.9 Å². The molecule has 1 unspecified atom stereocenters. The number of nitrogens with zero attached hydrogens (tertiary/aromatic N) is 3. The van der Waals surface area contributed by atoms with Gasteiger partial charge in [0, 0.05) is 56.9 Å². The minimum absolute atomic E-state index is 0.176. The van der Waals surface area contributed by atoms with Crippen molar-refractivity contribution in [3.05, 3.63) is 29.8 Å². The first kappa shape index (κ1) is 26.5. The van der Waals surface area contributed by atoms with Gasteiger partial charge in [-0.3, -0.25) is 19.8 Å². The van der Waals surface area contributed by atoms with Crippen molar-refractivity contribution in [1.82, 2.24) is 15.1 Å². The zero-order chi connectivity index (χ0) is 26.0. The van der Waals surface area contributed by atoms with Crippen LogP contribution < -0.4 is 10.2 Å². The number of imide groups is 1. The normalized spacial score (nSPS) is 26.6. The molecule has 3 aliphatic rings. The number of carbonyl (C=O) groups is 3. The van der Waals surface area contributed by atoms with Gasteiger partial charge in [-0.1, -0.05) is 12.1 Å². The van der Waals surface area contributed by atoms with E-state index in [2.05, 4.69) is 41.1 Å². The first-order chi connectivity index (χ1) is 17.0. The van der Waals surface area contributed by atoms with Crippen LogP contribution in [0.25, 0.3) is 0 Å². The lowest BCUT2D eigenvalue weighted by Crippen LogP contribution is -2.59. The molecule has 3 amide bonds. The highest BCUT2D eigenvalue weighted by atomic mass is 16.6. The minimum atomic E-state index is -0.472. The maximum Gasteiger partial charge on any atom is 0.410 e. The van der Waals surface area contributed by atoms with Crippen LogP contribution in [0.1, 0.15) is 71.8 Å². The van der Waals surface area contributed by atoms with E-state index >= 15 is 0 Å². The van der Waals surface area contributed by atoms with Crippen LogP contribution in [0.3, 0.4) is 0 Å². The third-order valence-corrected chi connectivity index (χ3v) is 7.74. The van der Waals surface area contributed by atoms with Crippen molar-refractivity contribution in [1.29, 1.82) is 0 Å². The molecule has 0 radical (unpaired) electrons. The number of carbonyl (C=O) groups excluding carboxylic acids is 3. The molecule has 3 aliphatic heterocycles. The molecule has 3 fully saturated rings. The maximum atomic E-state index is 12.6. The van der Waals surface area contributed by atoms with Gasteiger partial charge in [-0.15, -0.1) is 0 Å². The fourth-order valence-electron chi connectivity index (χ4n) is 5.79. The average molecular weight is 499 g/mol. The molecule has 198 valence electrons. The van der Waals surface area contributed by atoms with Crippen LogP contribution in [0.2, 0.25) is 0 Å². The van der Waals surface area contributed by atoms with Crippen LogP contribution in [0, 0.1) is 5.92 Å². The second-order valence-corrected chi connectivity index (χ2v) is 11.8. The van der Waals surface area contributed by atoms with E-state index in [1.165, 1.54) is 5.69 Å². The highest BCUT2D eigenvalue weighted by Crippen LogP contribution is 2.30. The van der Waals surface area contributed by atoms with Gasteiger partial charge in [-0.05, 0) is 77.5 Å². The van der Waals surface area contributed by atoms with Gasteiger partial charge in [0.15, 0.2) is 0 Å². The molecule has 0 aromatic heterocycles. The summed E-state index contributed by atoms with van der Waals surface area (Å²) in [4.78, 5) is 43.0. The predicted octanol–water partition coefficient (Wildman–Crippen LogP) is 3.75. The zero-order valence-corrected chi connectivity index (χ0v) is 22.5. The first-order valence-corrected chi connectivity index (χ1v) is 13.4. The summed E-state index contributed by atoms with van der Waals surface area (Å²) in [6.45, 7) is 14.7. The largest absolute Gasteiger partial charge is 0.444 e. The van der Waals surface area contributed by atoms with E-state index in [0.717, 1.165) is 38.0 Å². The lowest BCUT2D eigenvalue weighted by molar-refractivity contribution is -0.134. The Morgan fingerprint density at radius 1 is 1.00 bits per heavy atom. The Labute approximate surface area is 215 Å². The van der Waals surface area contributed by atoms with Crippen LogP contribution in [0.15, 0.2) is 24.3 Å². The van der Waals surface area contributed by atoms with Crippen molar-refractivity contribution in [3.8, 4) is 0 Å². The van der Waals surface area contributed by atoms with Gasteiger partial charge in [0.05, 0.1) is 5.92 Å². The van der Waals surface area contributed by atoms with Gasteiger partial charge in [-0.25, -0.2) is 4.79 Å². The topological polar surface area (TPSA) is 82.2 Å². The van der Waals surface area contributed by atoms with E-state index < -0.39 is 5.60 Å².